The minimum absolute atomic E-state index is 0.0903. The van der Waals surface area contributed by atoms with Crippen molar-refractivity contribution < 1.29 is 4.79 Å². The zero-order valence-corrected chi connectivity index (χ0v) is 8.98. The van der Waals surface area contributed by atoms with E-state index in [4.69, 9.17) is 6.42 Å². The second-order valence-corrected chi connectivity index (χ2v) is 3.81. The van der Waals surface area contributed by atoms with Crippen molar-refractivity contribution in [2.45, 2.75) is 40.5 Å². The van der Waals surface area contributed by atoms with E-state index in [0.29, 0.717) is 0 Å². The van der Waals surface area contributed by atoms with E-state index >= 15 is 0 Å². The highest BCUT2D eigenvalue weighted by atomic mass is 16.1. The molecule has 0 aromatic rings. The van der Waals surface area contributed by atoms with Gasteiger partial charge in [-0.25, -0.2) is 0 Å². The molecule has 13 heavy (non-hydrogen) atoms. The Kier molecular flexibility index (Phi) is 4.48. The Morgan fingerprint density at radius 1 is 1.54 bits per heavy atom. The lowest BCUT2D eigenvalue weighted by atomic mass is 9.78. The summed E-state index contributed by atoms with van der Waals surface area (Å²) in [5.74, 6) is 1.99. The van der Waals surface area contributed by atoms with Crippen LogP contribution in [0.25, 0.3) is 0 Å². The maximum atomic E-state index is 11.4. The number of ketones is 1. The summed E-state index contributed by atoms with van der Waals surface area (Å²) in [4.78, 5) is 11.4. The van der Waals surface area contributed by atoms with Gasteiger partial charge in [0.2, 0.25) is 5.78 Å². The summed E-state index contributed by atoms with van der Waals surface area (Å²) in [5, 5.41) is 0. The Bertz CT molecular complexity index is 251. The van der Waals surface area contributed by atoms with Gasteiger partial charge in [-0.2, -0.15) is 0 Å². The number of carbonyl (C=O) groups is 1. The SMILES string of the molecule is C#CC(=O)/C(=C/C)C(C)(C)CCC. The van der Waals surface area contributed by atoms with Gasteiger partial charge in [-0.05, 0) is 24.7 Å². The summed E-state index contributed by atoms with van der Waals surface area (Å²) in [7, 11) is 0. The molecule has 0 aromatic heterocycles. The van der Waals surface area contributed by atoms with Crippen LogP contribution in [0, 0.1) is 17.8 Å². The Morgan fingerprint density at radius 3 is 2.38 bits per heavy atom. The first-order valence-corrected chi connectivity index (χ1v) is 4.67. The second-order valence-electron chi connectivity index (χ2n) is 3.81. The van der Waals surface area contributed by atoms with Gasteiger partial charge in [0.25, 0.3) is 0 Å². The average molecular weight is 178 g/mol. The molecular formula is C12H18O. The quantitative estimate of drug-likeness (QED) is 0.367. The van der Waals surface area contributed by atoms with Crippen LogP contribution in [0.1, 0.15) is 40.5 Å². The van der Waals surface area contributed by atoms with Crippen LogP contribution in [0.4, 0.5) is 0 Å². The van der Waals surface area contributed by atoms with Gasteiger partial charge < -0.3 is 0 Å². The fourth-order valence-electron chi connectivity index (χ4n) is 1.67. The van der Waals surface area contributed by atoms with Crippen LogP contribution in [-0.2, 0) is 4.79 Å². The van der Waals surface area contributed by atoms with E-state index in [2.05, 4.69) is 26.7 Å². The normalized spacial score (nSPS) is 12.4. The Hall–Kier alpha value is -1.03. The Morgan fingerprint density at radius 2 is 2.08 bits per heavy atom. The molecule has 0 saturated heterocycles. The fraction of sp³-hybridized carbons (Fsp3) is 0.583. The van der Waals surface area contributed by atoms with Crippen molar-refractivity contribution in [3.8, 4) is 12.3 Å². The van der Waals surface area contributed by atoms with Crippen LogP contribution in [0.15, 0.2) is 11.6 Å². The van der Waals surface area contributed by atoms with Gasteiger partial charge in [-0.1, -0.05) is 33.3 Å². The van der Waals surface area contributed by atoms with Gasteiger partial charge in [-0.3, -0.25) is 4.79 Å². The van der Waals surface area contributed by atoms with Crippen molar-refractivity contribution in [1.82, 2.24) is 0 Å². The second kappa shape index (κ2) is 4.87. The molecule has 0 fully saturated rings. The molecule has 0 radical (unpaired) electrons. The summed E-state index contributed by atoms with van der Waals surface area (Å²) in [6.45, 7) is 8.08. The van der Waals surface area contributed by atoms with Crippen LogP contribution in [0.2, 0.25) is 0 Å². The van der Waals surface area contributed by atoms with Gasteiger partial charge in [-0.15, -0.1) is 6.42 Å². The first-order chi connectivity index (χ1) is 5.99. The molecule has 0 aromatic carbocycles. The van der Waals surface area contributed by atoms with Gasteiger partial charge >= 0.3 is 0 Å². The molecule has 0 spiro atoms. The molecule has 0 unspecified atom stereocenters. The van der Waals surface area contributed by atoms with Gasteiger partial charge in [0.15, 0.2) is 0 Å². The molecule has 0 saturated carbocycles. The van der Waals surface area contributed by atoms with E-state index in [0.717, 1.165) is 18.4 Å². The van der Waals surface area contributed by atoms with E-state index in [1.54, 1.807) is 0 Å². The molecule has 0 atom stereocenters. The predicted molar refractivity (Wildman–Crippen MR) is 56.3 cm³/mol. The van der Waals surface area contributed by atoms with Crippen molar-refractivity contribution >= 4 is 5.78 Å². The number of rotatable bonds is 4. The first kappa shape index (κ1) is 12.0. The smallest absolute Gasteiger partial charge is 0.231 e. The number of hydrogen-bond acceptors (Lipinski definition) is 1. The average Bonchev–Trinajstić information content (AvgIpc) is 2.04. The summed E-state index contributed by atoms with van der Waals surface area (Å²) >= 11 is 0. The van der Waals surface area contributed by atoms with Crippen LogP contribution >= 0.6 is 0 Å². The highest BCUT2D eigenvalue weighted by Gasteiger charge is 2.25. The number of hydrogen-bond donors (Lipinski definition) is 0. The van der Waals surface area contributed by atoms with E-state index in [9.17, 15) is 4.79 Å². The first-order valence-electron chi connectivity index (χ1n) is 4.67. The fourth-order valence-corrected chi connectivity index (χ4v) is 1.67. The molecule has 0 amide bonds. The monoisotopic (exact) mass is 178 g/mol. The van der Waals surface area contributed by atoms with Crippen LogP contribution in [-0.4, -0.2) is 5.78 Å². The maximum absolute atomic E-state index is 11.4. The molecule has 1 heteroatoms. The van der Waals surface area contributed by atoms with Gasteiger partial charge in [0.05, 0.1) is 0 Å². The molecule has 0 aliphatic carbocycles. The zero-order chi connectivity index (χ0) is 10.5. The highest BCUT2D eigenvalue weighted by Crippen LogP contribution is 2.31. The summed E-state index contributed by atoms with van der Waals surface area (Å²) in [6, 6.07) is 0. The Labute approximate surface area is 81.2 Å². The van der Waals surface area contributed by atoms with E-state index in [1.165, 1.54) is 0 Å². The molecule has 0 N–H and O–H groups in total. The third kappa shape index (κ3) is 3.06. The van der Waals surface area contributed by atoms with Crippen molar-refractivity contribution in [2.75, 3.05) is 0 Å². The number of allylic oxidation sites excluding steroid dienone is 2. The molecule has 0 aliphatic rings. The molecular weight excluding hydrogens is 160 g/mol. The lowest BCUT2D eigenvalue weighted by molar-refractivity contribution is -0.111. The number of terminal acetylenes is 1. The highest BCUT2D eigenvalue weighted by molar-refractivity contribution is 6.08. The van der Waals surface area contributed by atoms with Crippen LogP contribution in [0.5, 0.6) is 0 Å². The van der Waals surface area contributed by atoms with Crippen molar-refractivity contribution in [2.24, 2.45) is 5.41 Å². The predicted octanol–water partition coefficient (Wildman–Crippen LogP) is 2.96. The minimum atomic E-state index is -0.180. The largest absolute Gasteiger partial charge is 0.280 e. The molecule has 0 bridgehead atoms. The topological polar surface area (TPSA) is 17.1 Å². The standard InChI is InChI=1S/C12H18O/c1-6-9-12(4,5)10(7-2)11(13)8-3/h3,7H,6,9H2,1-2,4-5H3/b10-7-. The van der Waals surface area contributed by atoms with Crippen LogP contribution in [0.3, 0.4) is 0 Å². The number of carbonyl (C=O) groups excluding carboxylic acids is 1. The van der Waals surface area contributed by atoms with E-state index < -0.39 is 0 Å². The molecule has 0 aliphatic heterocycles. The molecule has 1 nitrogen and oxygen atoms in total. The summed E-state index contributed by atoms with van der Waals surface area (Å²) in [6.07, 6.45) is 8.98. The third-order valence-corrected chi connectivity index (χ3v) is 2.27. The summed E-state index contributed by atoms with van der Waals surface area (Å²) in [5.41, 5.74) is 0.671. The minimum Gasteiger partial charge on any atom is -0.280 e. The molecule has 0 heterocycles. The molecule has 0 rings (SSSR count). The van der Waals surface area contributed by atoms with Gasteiger partial charge in [0.1, 0.15) is 0 Å². The van der Waals surface area contributed by atoms with Crippen molar-refractivity contribution in [1.29, 1.82) is 0 Å². The van der Waals surface area contributed by atoms with Crippen molar-refractivity contribution in [3.05, 3.63) is 11.6 Å². The molecule has 72 valence electrons. The van der Waals surface area contributed by atoms with E-state index in [-0.39, 0.29) is 11.2 Å². The lowest BCUT2D eigenvalue weighted by Gasteiger charge is -2.25. The third-order valence-electron chi connectivity index (χ3n) is 2.27. The lowest BCUT2D eigenvalue weighted by Crippen LogP contribution is -2.20. The van der Waals surface area contributed by atoms with Crippen LogP contribution < -0.4 is 0 Å². The van der Waals surface area contributed by atoms with Crippen molar-refractivity contribution in [3.63, 3.8) is 0 Å². The summed E-state index contributed by atoms with van der Waals surface area (Å²) < 4.78 is 0. The maximum Gasteiger partial charge on any atom is 0.231 e. The zero-order valence-electron chi connectivity index (χ0n) is 8.98. The Balaban J connectivity index is 4.81. The van der Waals surface area contributed by atoms with Gasteiger partial charge in [0, 0.05) is 5.57 Å². The number of Topliss-reactive ketones (excluding diaryl/α,β-unsaturated/α-hetero) is 1. The van der Waals surface area contributed by atoms with E-state index in [1.807, 2.05) is 13.0 Å².